The zero-order chi connectivity index (χ0) is 16.4. The SMILES string of the molecule is O=C(O)[C@@H]1[C@H](C(=O)Nc2ccc(Cl)c(Cl)c2)[C@H]2C=C[C@H]1C21CC1. The average Bonchev–Trinajstić information content (AvgIpc) is 3.16. The minimum atomic E-state index is -0.887. The van der Waals surface area contributed by atoms with E-state index in [0.717, 1.165) is 12.8 Å². The summed E-state index contributed by atoms with van der Waals surface area (Å²) < 4.78 is 0. The predicted molar refractivity (Wildman–Crippen MR) is 87.5 cm³/mol. The average molecular weight is 352 g/mol. The van der Waals surface area contributed by atoms with E-state index < -0.39 is 17.8 Å². The van der Waals surface area contributed by atoms with E-state index in [1.165, 1.54) is 0 Å². The highest BCUT2D eigenvalue weighted by molar-refractivity contribution is 6.42. The number of carbonyl (C=O) groups excluding carboxylic acids is 1. The van der Waals surface area contributed by atoms with E-state index in [-0.39, 0.29) is 23.2 Å². The number of carboxylic acids is 1. The number of rotatable bonds is 3. The third-order valence-corrected chi connectivity index (χ3v) is 6.36. The monoisotopic (exact) mass is 351 g/mol. The maximum Gasteiger partial charge on any atom is 0.307 e. The van der Waals surface area contributed by atoms with Crippen LogP contribution in [-0.4, -0.2) is 17.0 Å². The van der Waals surface area contributed by atoms with Crippen LogP contribution in [0.15, 0.2) is 30.4 Å². The largest absolute Gasteiger partial charge is 0.481 e. The van der Waals surface area contributed by atoms with E-state index in [2.05, 4.69) is 5.32 Å². The van der Waals surface area contributed by atoms with Gasteiger partial charge in [0.15, 0.2) is 0 Å². The Bertz CT molecular complexity index is 741. The first-order chi connectivity index (χ1) is 10.9. The van der Waals surface area contributed by atoms with Gasteiger partial charge in [-0.2, -0.15) is 0 Å². The zero-order valence-corrected chi connectivity index (χ0v) is 13.6. The number of carboxylic acid groups (broad SMARTS) is 1. The summed E-state index contributed by atoms with van der Waals surface area (Å²) in [5, 5.41) is 13.2. The van der Waals surface area contributed by atoms with Crippen molar-refractivity contribution in [3.05, 3.63) is 40.4 Å². The van der Waals surface area contributed by atoms with Gasteiger partial charge in [0.1, 0.15) is 0 Å². The lowest BCUT2D eigenvalue weighted by Gasteiger charge is -2.23. The van der Waals surface area contributed by atoms with Crippen LogP contribution < -0.4 is 5.32 Å². The molecule has 4 nitrogen and oxygen atoms in total. The van der Waals surface area contributed by atoms with Crippen molar-refractivity contribution < 1.29 is 14.7 Å². The van der Waals surface area contributed by atoms with Gasteiger partial charge in [-0.3, -0.25) is 9.59 Å². The number of amides is 1. The third kappa shape index (κ3) is 2.12. The summed E-state index contributed by atoms with van der Waals surface area (Å²) >= 11 is 11.8. The van der Waals surface area contributed by atoms with E-state index >= 15 is 0 Å². The molecule has 1 aromatic carbocycles. The minimum Gasteiger partial charge on any atom is -0.481 e. The summed E-state index contributed by atoms with van der Waals surface area (Å²) in [6.07, 6.45) is 6.06. The summed E-state index contributed by atoms with van der Waals surface area (Å²) in [6, 6.07) is 4.85. The molecule has 1 spiro atoms. The van der Waals surface area contributed by atoms with Crippen LogP contribution in [0.3, 0.4) is 0 Å². The lowest BCUT2D eigenvalue weighted by molar-refractivity contribution is -0.146. The fourth-order valence-corrected chi connectivity index (χ4v) is 4.79. The van der Waals surface area contributed by atoms with Crippen LogP contribution in [0.1, 0.15) is 12.8 Å². The first-order valence-electron chi connectivity index (χ1n) is 7.61. The van der Waals surface area contributed by atoms with E-state index in [1.54, 1.807) is 18.2 Å². The molecule has 2 bridgehead atoms. The molecule has 0 radical (unpaired) electrons. The van der Waals surface area contributed by atoms with Crippen LogP contribution in [0, 0.1) is 29.1 Å². The van der Waals surface area contributed by atoms with Crippen LogP contribution >= 0.6 is 23.2 Å². The second-order valence-electron chi connectivity index (χ2n) is 6.68. The molecule has 4 rings (SSSR count). The van der Waals surface area contributed by atoms with Crippen molar-refractivity contribution >= 4 is 40.8 Å². The Morgan fingerprint density at radius 1 is 1.09 bits per heavy atom. The molecule has 0 aromatic heterocycles. The molecule has 3 aliphatic rings. The van der Waals surface area contributed by atoms with Crippen molar-refractivity contribution in [2.24, 2.45) is 29.1 Å². The summed E-state index contributed by atoms with van der Waals surface area (Å²) in [5.74, 6) is -2.30. The highest BCUT2D eigenvalue weighted by atomic mass is 35.5. The topological polar surface area (TPSA) is 66.4 Å². The van der Waals surface area contributed by atoms with E-state index in [0.29, 0.717) is 15.7 Å². The summed E-state index contributed by atoms with van der Waals surface area (Å²) in [6.45, 7) is 0. The second-order valence-corrected chi connectivity index (χ2v) is 7.49. The molecular weight excluding hydrogens is 337 g/mol. The van der Waals surface area contributed by atoms with Gasteiger partial charge in [0, 0.05) is 5.69 Å². The number of anilines is 1. The van der Waals surface area contributed by atoms with Crippen molar-refractivity contribution in [1.82, 2.24) is 0 Å². The number of halogens is 2. The molecule has 2 saturated carbocycles. The highest BCUT2D eigenvalue weighted by Gasteiger charge is 2.70. The summed E-state index contributed by atoms with van der Waals surface area (Å²) in [7, 11) is 0. The van der Waals surface area contributed by atoms with Gasteiger partial charge in [-0.1, -0.05) is 35.4 Å². The molecule has 120 valence electrons. The number of aliphatic carboxylic acids is 1. The van der Waals surface area contributed by atoms with Crippen molar-refractivity contribution in [3.8, 4) is 0 Å². The molecule has 2 N–H and O–H groups in total. The maximum atomic E-state index is 12.7. The molecular formula is C17H15Cl2NO3. The van der Waals surface area contributed by atoms with E-state index in [1.807, 2.05) is 12.2 Å². The van der Waals surface area contributed by atoms with Crippen LogP contribution in [0.2, 0.25) is 10.0 Å². The van der Waals surface area contributed by atoms with Gasteiger partial charge in [0.2, 0.25) is 5.91 Å². The fourth-order valence-electron chi connectivity index (χ4n) is 4.49. The van der Waals surface area contributed by atoms with Crippen molar-refractivity contribution in [3.63, 3.8) is 0 Å². The van der Waals surface area contributed by atoms with Crippen LogP contribution in [-0.2, 0) is 9.59 Å². The Kier molecular flexibility index (Phi) is 3.26. The van der Waals surface area contributed by atoms with E-state index in [4.69, 9.17) is 23.2 Å². The third-order valence-electron chi connectivity index (χ3n) is 5.62. The van der Waals surface area contributed by atoms with Gasteiger partial charge in [0.05, 0.1) is 21.9 Å². The van der Waals surface area contributed by atoms with Gasteiger partial charge in [-0.25, -0.2) is 0 Å². The normalized spacial score (nSPS) is 32.3. The molecule has 4 atom stereocenters. The minimum absolute atomic E-state index is 0.0166. The Hall–Kier alpha value is -1.52. The van der Waals surface area contributed by atoms with Gasteiger partial charge < -0.3 is 10.4 Å². The summed E-state index contributed by atoms with van der Waals surface area (Å²) in [4.78, 5) is 24.5. The molecule has 2 fully saturated rings. The molecule has 0 saturated heterocycles. The molecule has 1 aromatic rings. The molecule has 0 heterocycles. The standard InChI is InChI=1S/C17H15Cl2NO3/c18-11-4-1-8(7-12(11)19)20-15(21)13-9-2-3-10(14(13)16(22)23)17(9)5-6-17/h1-4,7,9-10,13-14H,5-6H2,(H,20,21)(H,22,23)/t9-,10-,13-,14+/m1/s1. The lowest BCUT2D eigenvalue weighted by atomic mass is 9.82. The highest BCUT2D eigenvalue weighted by Crippen LogP contribution is 2.72. The molecule has 6 heteroatoms. The van der Waals surface area contributed by atoms with Gasteiger partial charge in [-0.15, -0.1) is 0 Å². The predicted octanol–water partition coefficient (Wildman–Crippen LogP) is 3.84. The Labute approximate surface area is 143 Å². The first kappa shape index (κ1) is 15.0. The molecule has 1 amide bonds. The number of benzene rings is 1. The molecule has 0 unspecified atom stereocenters. The number of hydrogen-bond donors (Lipinski definition) is 2. The Morgan fingerprint density at radius 3 is 2.30 bits per heavy atom. The lowest BCUT2D eigenvalue weighted by Crippen LogP contribution is -2.36. The number of hydrogen-bond acceptors (Lipinski definition) is 2. The fraction of sp³-hybridized carbons (Fsp3) is 0.412. The molecule has 3 aliphatic carbocycles. The van der Waals surface area contributed by atoms with Crippen molar-refractivity contribution in [1.29, 1.82) is 0 Å². The van der Waals surface area contributed by atoms with Gasteiger partial charge in [-0.05, 0) is 48.3 Å². The quantitative estimate of drug-likeness (QED) is 0.813. The molecule has 0 aliphatic heterocycles. The van der Waals surface area contributed by atoms with Gasteiger partial charge >= 0.3 is 5.97 Å². The first-order valence-corrected chi connectivity index (χ1v) is 8.37. The zero-order valence-electron chi connectivity index (χ0n) is 12.1. The van der Waals surface area contributed by atoms with Crippen LogP contribution in [0.4, 0.5) is 5.69 Å². The van der Waals surface area contributed by atoms with Crippen molar-refractivity contribution in [2.75, 3.05) is 5.32 Å². The Balaban J connectivity index is 1.61. The molecule has 23 heavy (non-hydrogen) atoms. The smallest absolute Gasteiger partial charge is 0.307 e. The van der Waals surface area contributed by atoms with Crippen molar-refractivity contribution in [2.45, 2.75) is 12.8 Å². The van der Waals surface area contributed by atoms with Crippen LogP contribution in [0.25, 0.3) is 0 Å². The van der Waals surface area contributed by atoms with E-state index in [9.17, 15) is 14.7 Å². The van der Waals surface area contributed by atoms with Gasteiger partial charge in [0.25, 0.3) is 0 Å². The number of nitrogens with one attached hydrogen (secondary N) is 1. The Morgan fingerprint density at radius 2 is 1.74 bits per heavy atom. The number of allylic oxidation sites excluding steroid dienone is 2. The number of carbonyl (C=O) groups is 2. The van der Waals surface area contributed by atoms with Crippen LogP contribution in [0.5, 0.6) is 0 Å². The second kappa shape index (κ2) is 4.99. The maximum absolute atomic E-state index is 12.7. The summed E-state index contributed by atoms with van der Waals surface area (Å²) in [5.41, 5.74) is 0.549.